The van der Waals surface area contributed by atoms with E-state index in [0.29, 0.717) is 22.8 Å². The van der Waals surface area contributed by atoms with E-state index in [1.165, 1.54) is 16.7 Å². The molecule has 0 aromatic heterocycles. The third kappa shape index (κ3) is 4.69. The van der Waals surface area contributed by atoms with Crippen molar-refractivity contribution in [2.45, 2.75) is 25.5 Å². The summed E-state index contributed by atoms with van der Waals surface area (Å²) in [7, 11) is 0. The van der Waals surface area contributed by atoms with Crippen molar-refractivity contribution >= 4 is 35.0 Å². The molecule has 0 saturated carbocycles. The summed E-state index contributed by atoms with van der Waals surface area (Å²) in [5.41, 5.74) is 4.07. The highest BCUT2D eigenvalue weighted by atomic mass is 32.2. The zero-order chi connectivity index (χ0) is 23.4. The van der Waals surface area contributed by atoms with Crippen LogP contribution >= 0.6 is 11.8 Å². The van der Waals surface area contributed by atoms with Crippen LogP contribution in [0.4, 0.5) is 11.4 Å². The summed E-state index contributed by atoms with van der Waals surface area (Å²) in [4.78, 5) is 28.2. The monoisotopic (exact) mass is 453 g/mol. The van der Waals surface area contributed by atoms with Crippen molar-refractivity contribution in [1.29, 1.82) is 5.26 Å². The van der Waals surface area contributed by atoms with Gasteiger partial charge in [-0.3, -0.25) is 14.5 Å². The van der Waals surface area contributed by atoms with E-state index < -0.39 is 11.2 Å². The van der Waals surface area contributed by atoms with Crippen LogP contribution < -0.4 is 10.2 Å². The molecule has 0 aliphatic carbocycles. The van der Waals surface area contributed by atoms with Crippen molar-refractivity contribution in [2.75, 3.05) is 10.2 Å². The molecule has 1 saturated heterocycles. The van der Waals surface area contributed by atoms with Gasteiger partial charge >= 0.3 is 0 Å². The first kappa shape index (κ1) is 22.4. The van der Waals surface area contributed by atoms with Gasteiger partial charge in [-0.15, -0.1) is 0 Å². The Morgan fingerprint density at radius 2 is 1.58 bits per heavy atom. The fourth-order valence-corrected chi connectivity index (χ4v) is 5.12. The van der Waals surface area contributed by atoms with Crippen molar-refractivity contribution in [3.8, 4) is 6.07 Å². The molecule has 0 radical (unpaired) electrons. The van der Waals surface area contributed by atoms with Crippen molar-refractivity contribution in [2.24, 2.45) is 0 Å². The standard InChI is InChI=1S/C27H23N3O2S/c1-18-10-9-11-19(2)24(18)29-25(31)22(17-28)27-30(21-14-7-4-8-15-21)26(32)23(33-27)16-20-12-5-3-6-13-20/h3-15,23H,16H2,1-2H3,(H,29,31)/b27-22+/t23-/m1/s1. The van der Waals surface area contributed by atoms with Crippen LogP contribution in [0.3, 0.4) is 0 Å². The number of rotatable bonds is 5. The van der Waals surface area contributed by atoms with E-state index in [1.807, 2.05) is 92.7 Å². The van der Waals surface area contributed by atoms with Gasteiger partial charge in [0.25, 0.3) is 5.91 Å². The summed E-state index contributed by atoms with van der Waals surface area (Å²) in [6.45, 7) is 3.81. The number of nitriles is 1. The summed E-state index contributed by atoms with van der Waals surface area (Å²) >= 11 is 1.27. The van der Waals surface area contributed by atoms with Gasteiger partial charge in [0.15, 0.2) is 0 Å². The molecule has 0 unspecified atom stereocenters. The number of aryl methyl sites for hydroxylation is 2. The molecule has 33 heavy (non-hydrogen) atoms. The van der Waals surface area contributed by atoms with Crippen LogP contribution in [0.5, 0.6) is 0 Å². The van der Waals surface area contributed by atoms with E-state index in [2.05, 4.69) is 11.4 Å². The second-order valence-electron chi connectivity index (χ2n) is 7.82. The fourth-order valence-electron chi connectivity index (χ4n) is 3.81. The molecule has 1 fully saturated rings. The van der Waals surface area contributed by atoms with Gasteiger partial charge in [0, 0.05) is 11.4 Å². The minimum absolute atomic E-state index is 0.0737. The van der Waals surface area contributed by atoms with Gasteiger partial charge in [-0.2, -0.15) is 5.26 Å². The minimum Gasteiger partial charge on any atom is -0.321 e. The van der Waals surface area contributed by atoms with Crippen LogP contribution in [-0.4, -0.2) is 17.1 Å². The van der Waals surface area contributed by atoms with Gasteiger partial charge in [0.2, 0.25) is 5.91 Å². The summed E-state index contributed by atoms with van der Waals surface area (Å²) in [6.07, 6.45) is 0.508. The Balaban J connectivity index is 1.74. The second kappa shape index (κ2) is 9.76. The molecule has 2 amide bonds. The molecule has 3 aromatic rings. The lowest BCUT2D eigenvalue weighted by atomic mass is 10.1. The molecule has 1 atom stereocenters. The average molecular weight is 454 g/mol. The minimum atomic E-state index is -0.522. The lowest BCUT2D eigenvalue weighted by molar-refractivity contribution is -0.117. The highest BCUT2D eigenvalue weighted by Crippen LogP contribution is 2.42. The van der Waals surface area contributed by atoms with Crippen molar-refractivity contribution < 1.29 is 9.59 Å². The number of carbonyl (C=O) groups excluding carboxylic acids is 2. The first-order chi connectivity index (χ1) is 16.0. The zero-order valence-corrected chi connectivity index (χ0v) is 19.2. The molecule has 3 aromatic carbocycles. The molecule has 5 nitrogen and oxygen atoms in total. The number of carbonyl (C=O) groups is 2. The molecule has 1 aliphatic rings. The van der Waals surface area contributed by atoms with Gasteiger partial charge < -0.3 is 5.32 Å². The summed E-state index contributed by atoms with van der Waals surface area (Å²) in [5.74, 6) is -0.663. The van der Waals surface area contributed by atoms with Crippen molar-refractivity contribution in [3.05, 3.63) is 106 Å². The summed E-state index contributed by atoms with van der Waals surface area (Å²) < 4.78 is 0. The topological polar surface area (TPSA) is 73.2 Å². The Hall–Kier alpha value is -3.82. The molecule has 1 heterocycles. The zero-order valence-electron chi connectivity index (χ0n) is 18.4. The lowest BCUT2D eigenvalue weighted by Gasteiger charge is -2.19. The van der Waals surface area contributed by atoms with Crippen LogP contribution in [0.2, 0.25) is 0 Å². The third-order valence-electron chi connectivity index (χ3n) is 5.50. The SMILES string of the molecule is Cc1cccc(C)c1NC(=O)/C(C#N)=C1/S[C@H](Cc2ccccc2)C(=O)N1c1ccccc1. The number of amides is 2. The van der Waals surface area contributed by atoms with Crippen LogP contribution in [0.1, 0.15) is 16.7 Å². The number of benzene rings is 3. The first-order valence-electron chi connectivity index (χ1n) is 10.6. The van der Waals surface area contributed by atoms with Crippen LogP contribution in [0, 0.1) is 25.2 Å². The fraction of sp³-hybridized carbons (Fsp3) is 0.148. The predicted molar refractivity (Wildman–Crippen MR) is 133 cm³/mol. The predicted octanol–water partition coefficient (Wildman–Crippen LogP) is 5.37. The molecule has 0 bridgehead atoms. The van der Waals surface area contributed by atoms with E-state index in [-0.39, 0.29) is 11.5 Å². The Labute approximate surface area is 197 Å². The maximum absolute atomic E-state index is 13.5. The number of hydrogen-bond donors (Lipinski definition) is 1. The van der Waals surface area contributed by atoms with E-state index in [1.54, 1.807) is 0 Å². The van der Waals surface area contributed by atoms with Gasteiger partial charge in [0.05, 0.1) is 5.25 Å². The van der Waals surface area contributed by atoms with Crippen LogP contribution in [0.25, 0.3) is 0 Å². The Bertz CT molecular complexity index is 1240. The van der Waals surface area contributed by atoms with E-state index >= 15 is 0 Å². The lowest BCUT2D eigenvalue weighted by Crippen LogP contribution is -2.31. The number of thioether (sulfide) groups is 1. The van der Waals surface area contributed by atoms with E-state index in [0.717, 1.165) is 16.7 Å². The molecule has 1 aliphatic heterocycles. The smallest absolute Gasteiger partial charge is 0.269 e. The number of nitrogens with one attached hydrogen (secondary N) is 1. The summed E-state index contributed by atoms with van der Waals surface area (Å²) in [5, 5.41) is 12.8. The maximum Gasteiger partial charge on any atom is 0.269 e. The largest absolute Gasteiger partial charge is 0.321 e. The molecule has 4 rings (SSSR count). The number of para-hydroxylation sites is 2. The van der Waals surface area contributed by atoms with Gasteiger partial charge in [-0.25, -0.2) is 0 Å². The summed E-state index contributed by atoms with van der Waals surface area (Å²) in [6, 6.07) is 26.7. The Kier molecular flexibility index (Phi) is 6.62. The van der Waals surface area contributed by atoms with E-state index in [9.17, 15) is 14.9 Å². The quantitative estimate of drug-likeness (QED) is 0.416. The normalized spacial score (nSPS) is 16.9. The van der Waals surface area contributed by atoms with E-state index in [4.69, 9.17) is 0 Å². The van der Waals surface area contributed by atoms with Gasteiger partial charge in [-0.1, -0.05) is 78.5 Å². The van der Waals surface area contributed by atoms with Crippen LogP contribution in [0.15, 0.2) is 89.5 Å². The van der Waals surface area contributed by atoms with Gasteiger partial charge in [-0.05, 0) is 49.1 Å². The van der Waals surface area contributed by atoms with Crippen molar-refractivity contribution in [3.63, 3.8) is 0 Å². The maximum atomic E-state index is 13.5. The van der Waals surface area contributed by atoms with Crippen molar-refractivity contribution in [1.82, 2.24) is 0 Å². The third-order valence-corrected chi connectivity index (χ3v) is 6.77. The second-order valence-corrected chi connectivity index (χ2v) is 9.01. The average Bonchev–Trinajstić information content (AvgIpc) is 3.13. The highest BCUT2D eigenvalue weighted by Gasteiger charge is 2.40. The number of nitrogens with zero attached hydrogens (tertiary/aromatic N) is 2. The Morgan fingerprint density at radius 3 is 2.18 bits per heavy atom. The molecule has 6 heteroatoms. The van der Waals surface area contributed by atoms with Crippen LogP contribution in [-0.2, 0) is 16.0 Å². The number of hydrogen-bond acceptors (Lipinski definition) is 4. The first-order valence-corrected chi connectivity index (χ1v) is 11.5. The number of anilines is 2. The molecule has 164 valence electrons. The van der Waals surface area contributed by atoms with Gasteiger partial charge in [0.1, 0.15) is 16.7 Å². The molecular formula is C27H23N3O2S. The molecule has 1 N–H and O–H groups in total. The Morgan fingerprint density at radius 1 is 0.970 bits per heavy atom. The molecular weight excluding hydrogens is 430 g/mol. The highest BCUT2D eigenvalue weighted by molar-refractivity contribution is 8.05. The molecule has 0 spiro atoms.